The third kappa shape index (κ3) is 2.45. The first kappa shape index (κ1) is 12.0. The average molecular weight is 249 g/mol. The molecule has 2 aromatic rings. The van der Waals surface area contributed by atoms with Crippen molar-refractivity contribution in [2.24, 2.45) is 0 Å². The summed E-state index contributed by atoms with van der Waals surface area (Å²) in [5, 5.41) is 14.4. The molecule has 0 aliphatic rings. The standard InChI is InChI=1S/C11H11N3O4/c1-7(2)17-10-4-3-8(5-9(10)14(15)16)11-12-6-13-18-11/h3-7H,1-2H3. The Morgan fingerprint density at radius 2 is 2.22 bits per heavy atom. The number of nitro benzene ring substituents is 1. The highest BCUT2D eigenvalue weighted by molar-refractivity contribution is 5.62. The zero-order chi connectivity index (χ0) is 13.1. The van der Waals surface area contributed by atoms with Gasteiger partial charge in [-0.3, -0.25) is 10.1 Å². The van der Waals surface area contributed by atoms with Crippen LogP contribution >= 0.6 is 0 Å². The highest BCUT2D eigenvalue weighted by atomic mass is 16.6. The molecule has 0 unspecified atom stereocenters. The minimum absolute atomic E-state index is 0.126. The van der Waals surface area contributed by atoms with Crippen LogP contribution in [0.15, 0.2) is 29.0 Å². The SMILES string of the molecule is CC(C)Oc1ccc(-c2ncno2)cc1[N+](=O)[O-]. The summed E-state index contributed by atoms with van der Waals surface area (Å²) in [4.78, 5) is 14.3. The third-order valence-electron chi connectivity index (χ3n) is 2.13. The molecule has 0 spiro atoms. The number of benzene rings is 1. The van der Waals surface area contributed by atoms with Gasteiger partial charge in [-0.05, 0) is 26.0 Å². The van der Waals surface area contributed by atoms with Gasteiger partial charge in [-0.1, -0.05) is 5.16 Å². The Morgan fingerprint density at radius 1 is 1.44 bits per heavy atom. The van der Waals surface area contributed by atoms with Crippen LogP contribution in [0, 0.1) is 10.1 Å². The molecule has 0 bridgehead atoms. The normalized spacial score (nSPS) is 10.6. The number of hydrogen-bond donors (Lipinski definition) is 0. The van der Waals surface area contributed by atoms with Crippen LogP contribution in [-0.2, 0) is 0 Å². The van der Waals surface area contributed by atoms with Crippen molar-refractivity contribution in [3.8, 4) is 17.2 Å². The van der Waals surface area contributed by atoms with E-state index in [1.165, 1.54) is 18.5 Å². The second-order valence-corrected chi connectivity index (χ2v) is 3.85. The van der Waals surface area contributed by atoms with Gasteiger partial charge in [0.2, 0.25) is 0 Å². The Bertz CT molecular complexity index is 551. The first-order chi connectivity index (χ1) is 8.58. The Hall–Kier alpha value is -2.44. The number of nitrogens with zero attached hydrogens (tertiary/aromatic N) is 3. The number of hydrogen-bond acceptors (Lipinski definition) is 6. The lowest BCUT2D eigenvalue weighted by molar-refractivity contribution is -0.386. The van der Waals surface area contributed by atoms with Crippen LogP contribution in [0.25, 0.3) is 11.5 Å². The molecular formula is C11H11N3O4. The summed E-state index contributed by atoms with van der Waals surface area (Å²) in [7, 11) is 0. The Kier molecular flexibility index (Phi) is 3.22. The second-order valence-electron chi connectivity index (χ2n) is 3.85. The fourth-order valence-corrected chi connectivity index (χ4v) is 1.45. The van der Waals surface area contributed by atoms with Crippen LogP contribution in [0.3, 0.4) is 0 Å². The van der Waals surface area contributed by atoms with Crippen molar-refractivity contribution in [2.75, 3.05) is 0 Å². The van der Waals surface area contributed by atoms with E-state index in [1.807, 2.05) is 0 Å². The predicted molar refractivity (Wildman–Crippen MR) is 62.2 cm³/mol. The van der Waals surface area contributed by atoms with Gasteiger partial charge in [-0.2, -0.15) is 4.98 Å². The van der Waals surface area contributed by atoms with Crippen molar-refractivity contribution in [1.82, 2.24) is 10.1 Å². The molecule has 18 heavy (non-hydrogen) atoms. The lowest BCUT2D eigenvalue weighted by Crippen LogP contribution is -2.07. The number of nitro groups is 1. The molecule has 94 valence electrons. The molecule has 1 aromatic carbocycles. The molecule has 0 radical (unpaired) electrons. The maximum atomic E-state index is 11.0. The molecule has 2 rings (SSSR count). The van der Waals surface area contributed by atoms with E-state index < -0.39 is 4.92 Å². The maximum absolute atomic E-state index is 11.0. The third-order valence-corrected chi connectivity index (χ3v) is 2.13. The highest BCUT2D eigenvalue weighted by Crippen LogP contribution is 2.32. The monoisotopic (exact) mass is 249 g/mol. The molecule has 0 aliphatic heterocycles. The molecule has 0 saturated carbocycles. The topological polar surface area (TPSA) is 91.3 Å². The fraction of sp³-hybridized carbons (Fsp3) is 0.273. The molecule has 1 aromatic heterocycles. The molecule has 0 amide bonds. The Balaban J connectivity index is 2.43. The summed E-state index contributed by atoms with van der Waals surface area (Å²) in [6.45, 7) is 3.60. The second kappa shape index (κ2) is 4.82. The average Bonchev–Trinajstić information content (AvgIpc) is 2.82. The van der Waals surface area contributed by atoms with Gasteiger partial charge < -0.3 is 9.26 Å². The van der Waals surface area contributed by atoms with E-state index in [4.69, 9.17) is 9.26 Å². The van der Waals surface area contributed by atoms with Crippen molar-refractivity contribution in [3.05, 3.63) is 34.6 Å². The molecule has 1 heterocycles. The summed E-state index contributed by atoms with van der Waals surface area (Å²) in [6.07, 6.45) is 1.10. The van der Waals surface area contributed by atoms with Crippen molar-refractivity contribution < 1.29 is 14.2 Å². The van der Waals surface area contributed by atoms with Crippen molar-refractivity contribution in [1.29, 1.82) is 0 Å². The molecule has 0 aliphatic carbocycles. The fourth-order valence-electron chi connectivity index (χ4n) is 1.45. The maximum Gasteiger partial charge on any atom is 0.311 e. The summed E-state index contributed by atoms with van der Waals surface area (Å²) >= 11 is 0. The number of rotatable bonds is 4. The summed E-state index contributed by atoms with van der Waals surface area (Å²) < 4.78 is 10.2. The minimum Gasteiger partial charge on any atom is -0.484 e. The van der Waals surface area contributed by atoms with E-state index >= 15 is 0 Å². The summed E-state index contributed by atoms with van der Waals surface area (Å²) in [6, 6.07) is 4.51. The smallest absolute Gasteiger partial charge is 0.311 e. The molecule has 7 heteroatoms. The molecular weight excluding hydrogens is 238 g/mol. The number of aromatic nitrogens is 2. The first-order valence-electron chi connectivity index (χ1n) is 5.30. The van der Waals surface area contributed by atoms with Crippen LogP contribution < -0.4 is 4.74 Å². The lowest BCUT2D eigenvalue weighted by Gasteiger charge is -2.09. The van der Waals surface area contributed by atoms with E-state index in [-0.39, 0.29) is 23.4 Å². The van der Waals surface area contributed by atoms with Gasteiger partial charge in [0, 0.05) is 11.6 Å². The minimum atomic E-state index is -0.502. The van der Waals surface area contributed by atoms with E-state index in [9.17, 15) is 10.1 Å². The highest BCUT2D eigenvalue weighted by Gasteiger charge is 2.19. The van der Waals surface area contributed by atoms with E-state index in [0.29, 0.717) is 5.56 Å². The summed E-state index contributed by atoms with van der Waals surface area (Å²) in [5.41, 5.74) is 0.356. The van der Waals surface area contributed by atoms with Crippen LogP contribution in [0.2, 0.25) is 0 Å². The van der Waals surface area contributed by atoms with Crippen LogP contribution in [0.5, 0.6) is 5.75 Å². The lowest BCUT2D eigenvalue weighted by atomic mass is 10.2. The van der Waals surface area contributed by atoms with E-state index in [2.05, 4.69) is 10.1 Å². The van der Waals surface area contributed by atoms with Gasteiger partial charge in [0.15, 0.2) is 12.1 Å². The van der Waals surface area contributed by atoms with Crippen LogP contribution in [-0.4, -0.2) is 21.2 Å². The Morgan fingerprint density at radius 3 is 2.78 bits per heavy atom. The largest absolute Gasteiger partial charge is 0.484 e. The van der Waals surface area contributed by atoms with Gasteiger partial charge >= 0.3 is 5.69 Å². The Labute approximate surface area is 103 Å². The quantitative estimate of drug-likeness (QED) is 0.610. The van der Waals surface area contributed by atoms with Gasteiger partial charge in [-0.25, -0.2) is 0 Å². The zero-order valence-electron chi connectivity index (χ0n) is 9.86. The van der Waals surface area contributed by atoms with Crippen LogP contribution in [0.1, 0.15) is 13.8 Å². The van der Waals surface area contributed by atoms with Crippen molar-refractivity contribution in [2.45, 2.75) is 20.0 Å². The zero-order valence-corrected chi connectivity index (χ0v) is 9.86. The molecule has 0 saturated heterocycles. The summed E-state index contributed by atoms with van der Waals surface area (Å²) in [5.74, 6) is 0.451. The van der Waals surface area contributed by atoms with Crippen molar-refractivity contribution in [3.63, 3.8) is 0 Å². The van der Waals surface area contributed by atoms with Crippen molar-refractivity contribution >= 4 is 5.69 Å². The predicted octanol–water partition coefficient (Wildman–Crippen LogP) is 2.43. The molecule has 0 N–H and O–H groups in total. The van der Waals surface area contributed by atoms with Gasteiger partial charge in [-0.15, -0.1) is 0 Å². The van der Waals surface area contributed by atoms with E-state index in [0.717, 1.165) is 0 Å². The number of ether oxygens (including phenoxy) is 1. The van der Waals surface area contributed by atoms with E-state index in [1.54, 1.807) is 19.9 Å². The van der Waals surface area contributed by atoms with Gasteiger partial charge in [0.25, 0.3) is 5.89 Å². The molecule has 0 atom stereocenters. The molecule has 7 nitrogen and oxygen atoms in total. The van der Waals surface area contributed by atoms with Gasteiger partial charge in [0.05, 0.1) is 11.0 Å². The molecule has 0 fully saturated rings. The first-order valence-corrected chi connectivity index (χ1v) is 5.30. The van der Waals surface area contributed by atoms with Gasteiger partial charge in [0.1, 0.15) is 0 Å². The van der Waals surface area contributed by atoms with Crippen LogP contribution in [0.4, 0.5) is 5.69 Å².